The Morgan fingerprint density at radius 1 is 1.03 bits per heavy atom. The van der Waals surface area contributed by atoms with Crippen LogP contribution in [0.5, 0.6) is 0 Å². The normalized spacial score (nSPS) is 18.5. The fourth-order valence-electron chi connectivity index (χ4n) is 3.36. The number of hydrogen-bond donors (Lipinski definition) is 2. The molecule has 2 N–H and O–H groups in total. The van der Waals surface area contributed by atoms with Gasteiger partial charge in [0.25, 0.3) is 5.91 Å². The molecule has 0 spiro atoms. The van der Waals surface area contributed by atoms with Crippen LogP contribution in [0.15, 0.2) is 54.6 Å². The summed E-state index contributed by atoms with van der Waals surface area (Å²) < 4.78 is 0. The third kappa shape index (κ3) is 4.40. The van der Waals surface area contributed by atoms with Gasteiger partial charge in [-0.25, -0.2) is 4.79 Å². The number of anilines is 1. The molecule has 30 heavy (non-hydrogen) atoms. The van der Waals surface area contributed by atoms with E-state index in [0.29, 0.717) is 23.2 Å². The SMILES string of the molecule is CC(C)CC(=O)Nc1ccc(C(=O)CN2C(=O)NC(C)(c3ccccc3)C2=O)cc1. The minimum atomic E-state index is -1.21. The van der Waals surface area contributed by atoms with Crippen molar-refractivity contribution in [2.45, 2.75) is 32.7 Å². The zero-order chi connectivity index (χ0) is 21.9. The van der Waals surface area contributed by atoms with Gasteiger partial charge in [0.1, 0.15) is 5.54 Å². The van der Waals surface area contributed by atoms with Crippen LogP contribution in [0.3, 0.4) is 0 Å². The van der Waals surface area contributed by atoms with Gasteiger partial charge in [-0.15, -0.1) is 0 Å². The molecule has 1 atom stereocenters. The monoisotopic (exact) mass is 407 g/mol. The van der Waals surface area contributed by atoms with Crippen LogP contribution < -0.4 is 10.6 Å². The van der Waals surface area contributed by atoms with Crippen molar-refractivity contribution in [1.82, 2.24) is 10.2 Å². The van der Waals surface area contributed by atoms with Crippen molar-refractivity contribution in [1.29, 1.82) is 0 Å². The van der Waals surface area contributed by atoms with E-state index in [1.165, 1.54) is 0 Å². The Hall–Kier alpha value is -3.48. The summed E-state index contributed by atoms with van der Waals surface area (Å²) in [4.78, 5) is 50.8. The largest absolute Gasteiger partial charge is 0.326 e. The third-order valence-electron chi connectivity index (χ3n) is 5.01. The minimum Gasteiger partial charge on any atom is -0.326 e. The van der Waals surface area contributed by atoms with E-state index in [2.05, 4.69) is 10.6 Å². The molecule has 4 amide bonds. The number of carbonyl (C=O) groups excluding carboxylic acids is 4. The average molecular weight is 407 g/mol. The maximum Gasteiger partial charge on any atom is 0.325 e. The first-order chi connectivity index (χ1) is 14.2. The van der Waals surface area contributed by atoms with E-state index in [1.807, 2.05) is 19.9 Å². The minimum absolute atomic E-state index is 0.0939. The van der Waals surface area contributed by atoms with Crippen molar-refractivity contribution in [3.63, 3.8) is 0 Å². The van der Waals surface area contributed by atoms with Gasteiger partial charge in [-0.2, -0.15) is 0 Å². The molecule has 0 aliphatic carbocycles. The smallest absolute Gasteiger partial charge is 0.325 e. The lowest BCUT2D eigenvalue weighted by atomic mass is 9.92. The molecule has 0 radical (unpaired) electrons. The van der Waals surface area contributed by atoms with Crippen molar-refractivity contribution in [3.05, 3.63) is 65.7 Å². The highest BCUT2D eigenvalue weighted by atomic mass is 16.2. The number of hydrogen-bond acceptors (Lipinski definition) is 4. The fourth-order valence-corrected chi connectivity index (χ4v) is 3.36. The lowest BCUT2D eigenvalue weighted by molar-refractivity contribution is -0.130. The van der Waals surface area contributed by atoms with Gasteiger partial charge in [0.2, 0.25) is 5.91 Å². The van der Waals surface area contributed by atoms with E-state index >= 15 is 0 Å². The molecule has 3 rings (SSSR count). The van der Waals surface area contributed by atoms with E-state index < -0.39 is 17.5 Å². The summed E-state index contributed by atoms with van der Waals surface area (Å²) in [5.74, 6) is -0.680. The van der Waals surface area contributed by atoms with Crippen LogP contribution in [-0.4, -0.2) is 35.1 Å². The number of amides is 4. The first-order valence-electron chi connectivity index (χ1n) is 9.83. The van der Waals surface area contributed by atoms with Gasteiger partial charge in [0, 0.05) is 17.7 Å². The molecule has 1 fully saturated rings. The summed E-state index contributed by atoms with van der Waals surface area (Å²) in [5.41, 5.74) is 0.387. The number of ketones is 1. The first-order valence-corrected chi connectivity index (χ1v) is 9.83. The fraction of sp³-hybridized carbons (Fsp3) is 0.304. The topological polar surface area (TPSA) is 95.6 Å². The molecule has 7 heteroatoms. The highest BCUT2D eigenvalue weighted by Gasteiger charge is 2.49. The molecule has 0 bridgehead atoms. The number of carbonyl (C=O) groups is 4. The molecule has 0 saturated carbocycles. The lowest BCUT2D eigenvalue weighted by Gasteiger charge is -2.22. The Labute approximate surface area is 175 Å². The summed E-state index contributed by atoms with van der Waals surface area (Å²) in [6.45, 7) is 5.19. The van der Waals surface area contributed by atoms with Crippen molar-refractivity contribution >= 4 is 29.3 Å². The van der Waals surface area contributed by atoms with Crippen LogP contribution in [0.2, 0.25) is 0 Å². The molecule has 0 aromatic heterocycles. The molecule has 2 aromatic carbocycles. The molecule has 1 unspecified atom stereocenters. The number of benzene rings is 2. The number of Topliss-reactive ketones (excluding diaryl/α,β-unsaturated/α-hetero) is 1. The van der Waals surface area contributed by atoms with Crippen LogP contribution in [0.1, 0.15) is 43.1 Å². The number of imide groups is 1. The Kier molecular flexibility index (Phi) is 6.01. The average Bonchev–Trinajstić information content (AvgIpc) is 2.92. The Morgan fingerprint density at radius 3 is 2.27 bits per heavy atom. The molecular weight excluding hydrogens is 382 g/mol. The van der Waals surface area contributed by atoms with Crippen LogP contribution in [0.25, 0.3) is 0 Å². The Bertz CT molecular complexity index is 970. The summed E-state index contributed by atoms with van der Waals surface area (Å²) in [6.07, 6.45) is 0.410. The second-order valence-electron chi connectivity index (χ2n) is 7.96. The number of nitrogens with one attached hydrogen (secondary N) is 2. The van der Waals surface area contributed by atoms with Gasteiger partial charge in [-0.3, -0.25) is 19.3 Å². The van der Waals surface area contributed by atoms with E-state index in [1.54, 1.807) is 55.5 Å². The molecule has 2 aromatic rings. The number of rotatable bonds is 7. The molecule has 1 aliphatic heterocycles. The number of urea groups is 1. The van der Waals surface area contributed by atoms with Gasteiger partial charge >= 0.3 is 6.03 Å². The zero-order valence-corrected chi connectivity index (χ0v) is 17.3. The van der Waals surface area contributed by atoms with Crippen molar-refractivity contribution in [2.75, 3.05) is 11.9 Å². The van der Waals surface area contributed by atoms with Crippen molar-refractivity contribution in [2.24, 2.45) is 5.92 Å². The summed E-state index contributed by atoms with van der Waals surface area (Å²) in [7, 11) is 0. The van der Waals surface area contributed by atoms with Gasteiger partial charge in [0.05, 0.1) is 6.54 Å². The van der Waals surface area contributed by atoms with Gasteiger partial charge in [-0.05, 0) is 42.7 Å². The predicted octanol–water partition coefficient (Wildman–Crippen LogP) is 3.32. The highest BCUT2D eigenvalue weighted by molar-refractivity contribution is 6.11. The maximum atomic E-state index is 12.9. The van der Waals surface area contributed by atoms with Crippen LogP contribution in [-0.2, 0) is 15.1 Å². The van der Waals surface area contributed by atoms with Crippen LogP contribution in [0, 0.1) is 5.92 Å². The predicted molar refractivity (Wildman–Crippen MR) is 113 cm³/mol. The van der Waals surface area contributed by atoms with Crippen molar-refractivity contribution < 1.29 is 19.2 Å². The second-order valence-corrected chi connectivity index (χ2v) is 7.96. The second kappa shape index (κ2) is 8.49. The third-order valence-corrected chi connectivity index (χ3v) is 5.01. The highest BCUT2D eigenvalue weighted by Crippen LogP contribution is 2.28. The summed E-state index contributed by atoms with van der Waals surface area (Å²) >= 11 is 0. The lowest BCUT2D eigenvalue weighted by Crippen LogP contribution is -2.41. The molecule has 1 aliphatic rings. The Balaban J connectivity index is 1.68. The molecule has 156 valence electrons. The maximum absolute atomic E-state index is 12.9. The van der Waals surface area contributed by atoms with E-state index in [0.717, 1.165) is 4.90 Å². The molecular formula is C23H25N3O4. The molecule has 7 nitrogen and oxygen atoms in total. The van der Waals surface area contributed by atoms with Crippen molar-refractivity contribution in [3.8, 4) is 0 Å². The van der Waals surface area contributed by atoms with Gasteiger partial charge in [-0.1, -0.05) is 44.2 Å². The Morgan fingerprint density at radius 2 is 1.67 bits per heavy atom. The van der Waals surface area contributed by atoms with E-state index in [4.69, 9.17) is 0 Å². The van der Waals surface area contributed by atoms with E-state index in [9.17, 15) is 19.2 Å². The summed E-state index contributed by atoms with van der Waals surface area (Å²) in [6, 6.07) is 14.7. The summed E-state index contributed by atoms with van der Waals surface area (Å²) in [5, 5.41) is 5.46. The van der Waals surface area contributed by atoms with Gasteiger partial charge in [0.15, 0.2) is 5.78 Å². The van der Waals surface area contributed by atoms with E-state index in [-0.39, 0.29) is 24.2 Å². The quantitative estimate of drug-likeness (QED) is 0.544. The molecule has 1 heterocycles. The standard InChI is InChI=1S/C23H25N3O4/c1-15(2)13-20(28)24-18-11-9-16(10-12-18)19(27)14-26-21(29)23(3,25-22(26)30)17-7-5-4-6-8-17/h4-12,15H,13-14H2,1-3H3,(H,24,28)(H,25,30). The zero-order valence-electron chi connectivity index (χ0n) is 17.3. The van der Waals surface area contributed by atoms with Crippen LogP contribution >= 0.6 is 0 Å². The number of nitrogens with zero attached hydrogens (tertiary/aromatic N) is 1. The van der Waals surface area contributed by atoms with Crippen LogP contribution in [0.4, 0.5) is 10.5 Å². The first kappa shape index (κ1) is 21.2. The molecule has 1 saturated heterocycles. The van der Waals surface area contributed by atoms with Gasteiger partial charge < -0.3 is 10.6 Å².